The Labute approximate surface area is 84.2 Å². The molecule has 0 saturated heterocycles. The van der Waals surface area contributed by atoms with Crippen molar-refractivity contribution in [2.75, 3.05) is 13.2 Å². The third-order valence-corrected chi connectivity index (χ3v) is 4.17. The molecule has 0 spiro atoms. The van der Waals surface area contributed by atoms with Gasteiger partial charge in [0, 0.05) is 25.2 Å². The predicted octanol–water partition coefficient (Wildman–Crippen LogP) is 2.62. The second-order valence-corrected chi connectivity index (χ2v) is 5.62. The molecule has 86 valence electrons. The fourth-order valence-corrected chi connectivity index (χ4v) is 3.04. The van der Waals surface area contributed by atoms with Crippen LogP contribution in [0.2, 0.25) is 5.54 Å². The van der Waals surface area contributed by atoms with E-state index < -0.39 is 27.4 Å². The van der Waals surface area contributed by atoms with E-state index >= 15 is 0 Å². The minimum absolute atomic E-state index is 0.416. The van der Waals surface area contributed by atoms with Gasteiger partial charge in [-0.25, -0.2) is 0 Å². The minimum Gasteiger partial charge on any atom is -0.397 e. The van der Waals surface area contributed by atoms with Crippen LogP contribution in [0.4, 0.5) is 13.2 Å². The fourth-order valence-electron chi connectivity index (χ4n) is 1.17. The number of alkyl halides is 3. The maximum atomic E-state index is 12.1. The molecular weight excluding hydrogens is 213 g/mol. The number of hydrogen-bond acceptors (Lipinski definition) is 2. The van der Waals surface area contributed by atoms with Crippen LogP contribution in [0.5, 0.6) is 0 Å². The lowest BCUT2D eigenvalue weighted by Gasteiger charge is -2.22. The average Bonchev–Trinajstić information content (AvgIpc) is 2.01. The highest BCUT2D eigenvalue weighted by Gasteiger charge is 2.35. The van der Waals surface area contributed by atoms with Gasteiger partial charge >= 0.3 is 15.5 Å². The quantitative estimate of drug-likeness (QED) is 0.653. The summed E-state index contributed by atoms with van der Waals surface area (Å²) in [6.45, 7) is 5.90. The molecule has 0 N–H and O–H groups in total. The Balaban J connectivity index is 4.06. The van der Waals surface area contributed by atoms with Crippen molar-refractivity contribution in [1.82, 2.24) is 0 Å². The fraction of sp³-hybridized carbons (Fsp3) is 1.00. The first-order chi connectivity index (χ1) is 6.40. The molecular formula is C8H17F3O2Si. The second-order valence-electron chi connectivity index (χ2n) is 3.08. The standard InChI is InChI=1S/C8H17F3O2Si/c1-4-12-14(13-5-2)7(3)6-8(9,10)11/h7,14H,4-6H2,1-3H3. The summed E-state index contributed by atoms with van der Waals surface area (Å²) in [5, 5.41) is 0. The molecule has 0 rings (SSSR count). The average molecular weight is 230 g/mol. The molecule has 14 heavy (non-hydrogen) atoms. The van der Waals surface area contributed by atoms with Crippen LogP contribution >= 0.6 is 0 Å². The molecule has 2 nitrogen and oxygen atoms in total. The second kappa shape index (κ2) is 6.42. The molecule has 0 radical (unpaired) electrons. The van der Waals surface area contributed by atoms with Crippen molar-refractivity contribution in [1.29, 1.82) is 0 Å². The van der Waals surface area contributed by atoms with Crippen LogP contribution < -0.4 is 0 Å². The lowest BCUT2D eigenvalue weighted by Crippen LogP contribution is -2.30. The summed E-state index contributed by atoms with van der Waals surface area (Å²) in [4.78, 5) is 0. The van der Waals surface area contributed by atoms with Gasteiger partial charge in [-0.05, 0) is 13.8 Å². The Morgan fingerprint density at radius 1 is 1.14 bits per heavy atom. The molecule has 0 aliphatic rings. The molecule has 0 bridgehead atoms. The van der Waals surface area contributed by atoms with E-state index in [1.807, 2.05) is 0 Å². The van der Waals surface area contributed by atoms with Gasteiger partial charge in [-0.3, -0.25) is 0 Å². The van der Waals surface area contributed by atoms with Crippen LogP contribution in [0.3, 0.4) is 0 Å². The van der Waals surface area contributed by atoms with Crippen molar-refractivity contribution in [2.45, 2.75) is 38.9 Å². The van der Waals surface area contributed by atoms with Crippen LogP contribution in [0.1, 0.15) is 27.2 Å². The molecule has 0 aliphatic carbocycles. The summed E-state index contributed by atoms with van der Waals surface area (Å²) >= 11 is 0. The van der Waals surface area contributed by atoms with E-state index in [4.69, 9.17) is 8.85 Å². The summed E-state index contributed by atoms with van der Waals surface area (Å²) in [5.74, 6) is 0. The van der Waals surface area contributed by atoms with E-state index in [2.05, 4.69) is 0 Å². The van der Waals surface area contributed by atoms with Gasteiger partial charge in [-0.1, -0.05) is 6.92 Å². The summed E-state index contributed by atoms with van der Waals surface area (Å²) in [7, 11) is -2.15. The topological polar surface area (TPSA) is 18.5 Å². The number of hydrogen-bond donors (Lipinski definition) is 0. The Bertz CT molecular complexity index is 146. The summed E-state index contributed by atoms with van der Waals surface area (Å²) < 4.78 is 46.6. The molecule has 0 aromatic rings. The van der Waals surface area contributed by atoms with E-state index in [-0.39, 0.29) is 0 Å². The zero-order valence-electron chi connectivity index (χ0n) is 8.73. The summed E-state index contributed by atoms with van der Waals surface area (Å²) in [6.07, 6.45) is -4.94. The van der Waals surface area contributed by atoms with Crippen LogP contribution in [0.25, 0.3) is 0 Å². The first-order valence-corrected chi connectivity index (χ1v) is 6.31. The van der Waals surface area contributed by atoms with Crippen molar-refractivity contribution in [2.24, 2.45) is 0 Å². The van der Waals surface area contributed by atoms with Gasteiger partial charge in [0.2, 0.25) is 0 Å². The van der Waals surface area contributed by atoms with Crippen molar-refractivity contribution in [3.05, 3.63) is 0 Å². The largest absolute Gasteiger partial charge is 0.397 e. The SMILES string of the molecule is CCO[SiH](OCC)C(C)CC(F)(F)F. The van der Waals surface area contributed by atoms with E-state index in [9.17, 15) is 13.2 Å². The Morgan fingerprint density at radius 3 is 1.86 bits per heavy atom. The molecule has 1 unspecified atom stereocenters. The summed E-state index contributed by atoms with van der Waals surface area (Å²) in [5.41, 5.74) is -0.533. The molecule has 0 saturated carbocycles. The van der Waals surface area contributed by atoms with Gasteiger partial charge in [-0.2, -0.15) is 13.2 Å². The lowest BCUT2D eigenvalue weighted by atomic mass is 10.3. The van der Waals surface area contributed by atoms with Gasteiger partial charge in [-0.15, -0.1) is 0 Å². The van der Waals surface area contributed by atoms with E-state index in [0.717, 1.165) is 0 Å². The summed E-state index contributed by atoms with van der Waals surface area (Å²) in [6, 6.07) is 0. The Hall–Kier alpha value is -0.0731. The van der Waals surface area contributed by atoms with Crippen LogP contribution in [-0.4, -0.2) is 28.7 Å². The highest BCUT2D eigenvalue weighted by molar-refractivity contribution is 6.46. The molecule has 0 aromatic heterocycles. The molecule has 6 heteroatoms. The van der Waals surface area contributed by atoms with Gasteiger partial charge in [0.15, 0.2) is 0 Å². The first kappa shape index (κ1) is 13.9. The van der Waals surface area contributed by atoms with Gasteiger partial charge < -0.3 is 8.85 Å². The van der Waals surface area contributed by atoms with Crippen LogP contribution in [0.15, 0.2) is 0 Å². The van der Waals surface area contributed by atoms with E-state index in [0.29, 0.717) is 13.2 Å². The third-order valence-electron chi connectivity index (χ3n) is 1.68. The smallest absolute Gasteiger partial charge is 0.389 e. The van der Waals surface area contributed by atoms with Crippen LogP contribution in [0, 0.1) is 0 Å². The number of halogens is 3. The third kappa shape index (κ3) is 6.39. The van der Waals surface area contributed by atoms with Crippen molar-refractivity contribution in [3.8, 4) is 0 Å². The monoisotopic (exact) mass is 230 g/mol. The molecule has 0 fully saturated rings. The zero-order chi connectivity index (χ0) is 11.2. The highest BCUT2D eigenvalue weighted by Crippen LogP contribution is 2.30. The van der Waals surface area contributed by atoms with Crippen molar-refractivity contribution < 1.29 is 22.0 Å². The first-order valence-electron chi connectivity index (χ1n) is 4.70. The minimum atomic E-state index is -4.13. The number of rotatable bonds is 6. The molecule has 0 aliphatic heterocycles. The predicted molar refractivity (Wildman–Crippen MR) is 50.5 cm³/mol. The van der Waals surface area contributed by atoms with E-state index in [1.165, 1.54) is 6.92 Å². The molecule has 1 atom stereocenters. The lowest BCUT2D eigenvalue weighted by molar-refractivity contribution is -0.136. The zero-order valence-corrected chi connectivity index (χ0v) is 9.88. The Kier molecular flexibility index (Phi) is 6.38. The van der Waals surface area contributed by atoms with Gasteiger partial charge in [0.25, 0.3) is 0 Å². The van der Waals surface area contributed by atoms with Gasteiger partial charge in [0.1, 0.15) is 0 Å². The molecule has 0 amide bonds. The molecule has 0 aromatic carbocycles. The van der Waals surface area contributed by atoms with Crippen molar-refractivity contribution >= 4 is 9.28 Å². The highest BCUT2D eigenvalue weighted by atomic mass is 28.3. The Morgan fingerprint density at radius 2 is 1.57 bits per heavy atom. The van der Waals surface area contributed by atoms with Gasteiger partial charge in [0.05, 0.1) is 0 Å². The normalized spacial score (nSPS) is 14.8. The maximum absolute atomic E-state index is 12.1. The maximum Gasteiger partial charge on any atom is 0.389 e. The van der Waals surface area contributed by atoms with Crippen LogP contribution in [-0.2, 0) is 8.85 Å². The van der Waals surface area contributed by atoms with E-state index in [1.54, 1.807) is 13.8 Å². The van der Waals surface area contributed by atoms with Crippen molar-refractivity contribution in [3.63, 3.8) is 0 Å². The molecule has 0 heterocycles.